The topological polar surface area (TPSA) is 12.0 Å². The summed E-state index contributed by atoms with van der Waals surface area (Å²) in [4.78, 5) is 0. The number of piperidine rings is 1. The molecule has 12 heavy (non-hydrogen) atoms. The second kappa shape index (κ2) is 4.82. The van der Waals surface area contributed by atoms with Crippen LogP contribution in [0.2, 0.25) is 0 Å². The van der Waals surface area contributed by atoms with Crippen LogP contribution in [-0.2, 0) is 0 Å². The van der Waals surface area contributed by atoms with Gasteiger partial charge >= 0.3 is 0 Å². The third kappa shape index (κ3) is 2.45. The summed E-state index contributed by atoms with van der Waals surface area (Å²) in [5.74, 6) is 0. The third-order valence-electron chi connectivity index (χ3n) is 1.99. The molecule has 0 aromatic rings. The third-order valence-corrected chi connectivity index (χ3v) is 2.87. The van der Waals surface area contributed by atoms with E-state index in [9.17, 15) is 0 Å². The molecule has 0 radical (unpaired) electrons. The van der Waals surface area contributed by atoms with Gasteiger partial charge in [0.25, 0.3) is 0 Å². The summed E-state index contributed by atoms with van der Waals surface area (Å²) in [6, 6.07) is 0. The molecule has 1 fully saturated rings. The van der Waals surface area contributed by atoms with E-state index < -0.39 is 0 Å². The highest BCUT2D eigenvalue weighted by atomic mass is 127. The van der Waals surface area contributed by atoms with E-state index in [0.29, 0.717) is 4.05 Å². The van der Waals surface area contributed by atoms with Crippen LogP contribution in [0, 0.1) is 0 Å². The first-order valence-corrected chi connectivity index (χ1v) is 5.37. The molecule has 0 aromatic heterocycles. The Kier molecular flexibility index (Phi) is 4.01. The number of allylic oxidation sites excluding steroid dienone is 3. The van der Waals surface area contributed by atoms with Gasteiger partial charge in [0.15, 0.2) is 0 Å². The molecular weight excluding hydrogens is 261 g/mol. The molecule has 0 aromatic carbocycles. The van der Waals surface area contributed by atoms with Gasteiger partial charge in [-0.15, -0.1) is 0 Å². The molecule has 1 aliphatic heterocycles. The normalized spacial score (nSPS) is 31.0. The van der Waals surface area contributed by atoms with Crippen molar-refractivity contribution in [2.24, 2.45) is 0 Å². The fourth-order valence-corrected chi connectivity index (χ4v) is 2.03. The fraction of sp³-hybridized carbons (Fsp3) is 0.400. The van der Waals surface area contributed by atoms with E-state index in [2.05, 4.69) is 53.6 Å². The van der Waals surface area contributed by atoms with E-state index in [4.69, 9.17) is 0 Å². The molecule has 0 amide bonds. The number of nitrogens with one attached hydrogen (secondary N) is 1. The standard InChI is InChI=1S/C10H14IN/c1-3-5-9-6-10(11)12-7-8(9)4-2/h3-5,10,12H,1,6-7H2,2H3/b8-4-,9-5-. The summed E-state index contributed by atoms with van der Waals surface area (Å²) in [7, 11) is 0. The first kappa shape index (κ1) is 9.99. The zero-order valence-corrected chi connectivity index (χ0v) is 9.47. The molecule has 1 unspecified atom stereocenters. The van der Waals surface area contributed by atoms with Gasteiger partial charge in [0.1, 0.15) is 0 Å². The van der Waals surface area contributed by atoms with Crippen LogP contribution in [0.3, 0.4) is 0 Å². The predicted octanol–water partition coefficient (Wildman–Crippen LogP) is 2.80. The maximum atomic E-state index is 3.72. The van der Waals surface area contributed by atoms with Gasteiger partial charge in [-0.25, -0.2) is 0 Å². The summed E-state index contributed by atoms with van der Waals surface area (Å²) in [5.41, 5.74) is 2.83. The molecular formula is C10H14IN. The lowest BCUT2D eigenvalue weighted by molar-refractivity contribution is 0.660. The number of alkyl halides is 1. The van der Waals surface area contributed by atoms with Crippen LogP contribution >= 0.6 is 22.6 Å². The van der Waals surface area contributed by atoms with Gasteiger partial charge in [-0.3, -0.25) is 0 Å². The first-order valence-electron chi connectivity index (χ1n) is 4.12. The number of hydrogen-bond acceptors (Lipinski definition) is 1. The van der Waals surface area contributed by atoms with Gasteiger partial charge in [-0.05, 0) is 24.5 Å². The lowest BCUT2D eigenvalue weighted by Crippen LogP contribution is -2.31. The Hall–Kier alpha value is -0.0900. The second-order valence-corrected chi connectivity index (χ2v) is 4.30. The quantitative estimate of drug-likeness (QED) is 0.441. The van der Waals surface area contributed by atoms with E-state index in [1.807, 2.05) is 6.08 Å². The largest absolute Gasteiger partial charge is 0.301 e. The zero-order valence-electron chi connectivity index (χ0n) is 7.31. The van der Waals surface area contributed by atoms with Gasteiger partial charge in [0, 0.05) is 6.54 Å². The highest BCUT2D eigenvalue weighted by Crippen LogP contribution is 2.23. The summed E-state index contributed by atoms with van der Waals surface area (Å²) in [6.45, 7) is 6.80. The summed E-state index contributed by atoms with van der Waals surface area (Å²) in [6.07, 6.45) is 7.26. The number of rotatable bonds is 1. The van der Waals surface area contributed by atoms with Crippen LogP contribution < -0.4 is 5.32 Å². The van der Waals surface area contributed by atoms with Crippen LogP contribution in [0.1, 0.15) is 13.3 Å². The Bertz CT molecular complexity index is 228. The molecule has 1 atom stereocenters. The van der Waals surface area contributed by atoms with Crippen LogP contribution in [0.25, 0.3) is 0 Å². The molecule has 1 heterocycles. The van der Waals surface area contributed by atoms with Gasteiger partial charge in [0.2, 0.25) is 0 Å². The first-order chi connectivity index (χ1) is 5.77. The molecule has 2 heteroatoms. The van der Waals surface area contributed by atoms with Crippen molar-refractivity contribution in [1.29, 1.82) is 0 Å². The minimum Gasteiger partial charge on any atom is -0.301 e. The van der Waals surface area contributed by atoms with Crippen LogP contribution in [-0.4, -0.2) is 10.6 Å². The highest BCUT2D eigenvalue weighted by molar-refractivity contribution is 14.1. The maximum absolute atomic E-state index is 3.72. The molecule has 1 saturated heterocycles. The van der Waals surface area contributed by atoms with E-state index in [-0.39, 0.29) is 0 Å². The Morgan fingerprint density at radius 3 is 2.92 bits per heavy atom. The Morgan fingerprint density at radius 2 is 2.33 bits per heavy atom. The molecule has 1 N–H and O–H groups in total. The van der Waals surface area contributed by atoms with E-state index in [1.54, 1.807) is 0 Å². The van der Waals surface area contributed by atoms with Gasteiger partial charge in [0.05, 0.1) is 4.05 Å². The monoisotopic (exact) mass is 275 g/mol. The predicted molar refractivity (Wildman–Crippen MR) is 62.5 cm³/mol. The SMILES string of the molecule is C=C/C=C1/CC(I)NC/C1=C/C. The maximum Gasteiger partial charge on any atom is 0.0637 e. The number of halogens is 1. The summed E-state index contributed by atoms with van der Waals surface area (Å²) >= 11 is 2.42. The van der Waals surface area contributed by atoms with Crippen LogP contribution in [0.4, 0.5) is 0 Å². The second-order valence-electron chi connectivity index (χ2n) is 2.79. The van der Waals surface area contributed by atoms with Crippen molar-refractivity contribution in [2.75, 3.05) is 6.54 Å². The molecule has 1 nitrogen and oxygen atoms in total. The lowest BCUT2D eigenvalue weighted by atomic mass is 9.99. The minimum absolute atomic E-state index is 0.567. The molecule has 1 rings (SSSR count). The van der Waals surface area contributed by atoms with Gasteiger partial charge in [-0.2, -0.15) is 0 Å². The molecule has 66 valence electrons. The van der Waals surface area contributed by atoms with Crippen LogP contribution in [0.15, 0.2) is 36.0 Å². The van der Waals surface area contributed by atoms with Crippen molar-refractivity contribution in [2.45, 2.75) is 17.4 Å². The molecule has 0 bridgehead atoms. The van der Waals surface area contributed by atoms with Crippen LogP contribution in [0.5, 0.6) is 0 Å². The zero-order chi connectivity index (χ0) is 8.97. The molecule has 0 aliphatic carbocycles. The summed E-state index contributed by atoms with van der Waals surface area (Å²) < 4.78 is 0.567. The van der Waals surface area contributed by atoms with Gasteiger partial charge in [-0.1, -0.05) is 47.4 Å². The minimum atomic E-state index is 0.567. The average Bonchev–Trinajstić information content (AvgIpc) is 2.05. The molecule has 0 saturated carbocycles. The Morgan fingerprint density at radius 1 is 1.58 bits per heavy atom. The lowest BCUT2D eigenvalue weighted by Gasteiger charge is -2.23. The molecule has 1 aliphatic rings. The van der Waals surface area contributed by atoms with Crippen molar-refractivity contribution in [3.05, 3.63) is 36.0 Å². The van der Waals surface area contributed by atoms with Gasteiger partial charge < -0.3 is 5.32 Å². The van der Waals surface area contributed by atoms with E-state index >= 15 is 0 Å². The smallest absolute Gasteiger partial charge is 0.0637 e. The average molecular weight is 275 g/mol. The van der Waals surface area contributed by atoms with E-state index in [1.165, 1.54) is 11.1 Å². The van der Waals surface area contributed by atoms with Crippen molar-refractivity contribution < 1.29 is 0 Å². The number of hydrogen-bond donors (Lipinski definition) is 1. The fourth-order valence-electron chi connectivity index (χ4n) is 1.34. The highest BCUT2D eigenvalue weighted by Gasteiger charge is 2.15. The van der Waals surface area contributed by atoms with Crippen molar-refractivity contribution in [3.8, 4) is 0 Å². The van der Waals surface area contributed by atoms with E-state index in [0.717, 1.165) is 13.0 Å². The Balaban J connectivity index is 2.78. The Labute approximate surface area is 87.8 Å². The van der Waals surface area contributed by atoms with Crippen molar-refractivity contribution in [3.63, 3.8) is 0 Å². The van der Waals surface area contributed by atoms with Crippen molar-refractivity contribution >= 4 is 22.6 Å². The molecule has 0 spiro atoms. The van der Waals surface area contributed by atoms with Crippen molar-refractivity contribution in [1.82, 2.24) is 5.32 Å². The summed E-state index contributed by atoms with van der Waals surface area (Å²) in [5, 5.41) is 3.41.